The molecule has 4 rings (SSSR count). The molecular weight excluding hydrogens is 465 g/mol. The molecule has 0 radical (unpaired) electrons. The zero-order chi connectivity index (χ0) is 25.8. The number of nitro groups is 1. The summed E-state index contributed by atoms with van der Waals surface area (Å²) in [6, 6.07) is 12.3. The zero-order valence-corrected chi connectivity index (χ0v) is 20.7. The first-order chi connectivity index (χ1) is 17.2. The molecule has 1 amide bonds. The molecule has 0 aliphatic carbocycles. The van der Waals surface area contributed by atoms with Crippen LogP contribution in [0, 0.1) is 29.8 Å². The SMILES string of the molecule is COc1ccc(CN2CCC(NC(=O)c3ccc(Cn4nc(C)c([N+](=O)[O-])c4C)cc3)CC2)cc1F. The van der Waals surface area contributed by atoms with E-state index in [-0.39, 0.29) is 29.2 Å². The fourth-order valence-electron chi connectivity index (χ4n) is 4.61. The Hall–Kier alpha value is -3.79. The maximum Gasteiger partial charge on any atom is 0.312 e. The minimum absolute atomic E-state index is 0.0354. The van der Waals surface area contributed by atoms with E-state index in [1.165, 1.54) is 13.2 Å². The first-order valence-corrected chi connectivity index (χ1v) is 11.9. The summed E-state index contributed by atoms with van der Waals surface area (Å²) in [6.45, 7) is 5.97. The number of piperidine rings is 1. The lowest BCUT2D eigenvalue weighted by atomic mass is 10.0. The van der Waals surface area contributed by atoms with E-state index in [9.17, 15) is 19.3 Å². The summed E-state index contributed by atoms with van der Waals surface area (Å²) in [5.74, 6) is -0.248. The smallest absolute Gasteiger partial charge is 0.312 e. The number of carbonyl (C=O) groups is 1. The maximum absolute atomic E-state index is 13.9. The summed E-state index contributed by atoms with van der Waals surface area (Å²) in [7, 11) is 1.45. The molecule has 9 nitrogen and oxygen atoms in total. The molecule has 0 atom stereocenters. The number of halogens is 1. The number of benzene rings is 2. The lowest BCUT2D eigenvalue weighted by Gasteiger charge is -2.32. The molecule has 0 saturated carbocycles. The third-order valence-corrected chi connectivity index (χ3v) is 6.62. The van der Waals surface area contributed by atoms with Crippen LogP contribution in [0.1, 0.15) is 45.7 Å². The van der Waals surface area contributed by atoms with Gasteiger partial charge < -0.3 is 10.1 Å². The van der Waals surface area contributed by atoms with Crippen LogP contribution in [0.15, 0.2) is 42.5 Å². The molecule has 2 aromatic carbocycles. The quantitative estimate of drug-likeness (QED) is 0.374. The fourth-order valence-corrected chi connectivity index (χ4v) is 4.61. The standard InChI is InChI=1S/C26H30FN5O4/c1-17-25(32(34)35)18(2)31(29-17)16-19-4-7-21(8-5-19)26(33)28-22-10-12-30(13-11-22)15-20-6-9-24(36-3)23(27)14-20/h4-9,14,22H,10-13,15-16H2,1-3H3,(H,28,33). The van der Waals surface area contributed by atoms with Gasteiger partial charge in [-0.1, -0.05) is 18.2 Å². The number of hydrogen-bond donors (Lipinski definition) is 1. The number of likely N-dealkylation sites (tertiary alicyclic amines) is 1. The Bertz CT molecular complexity index is 1250. The molecule has 0 unspecified atom stereocenters. The number of nitrogens with one attached hydrogen (secondary N) is 1. The van der Waals surface area contributed by atoms with Gasteiger partial charge in [0.15, 0.2) is 11.6 Å². The number of carbonyl (C=O) groups excluding carboxylic acids is 1. The van der Waals surface area contributed by atoms with Crippen LogP contribution in [0.2, 0.25) is 0 Å². The Morgan fingerprint density at radius 2 is 1.81 bits per heavy atom. The molecule has 36 heavy (non-hydrogen) atoms. The lowest BCUT2D eigenvalue weighted by Crippen LogP contribution is -2.44. The van der Waals surface area contributed by atoms with E-state index in [2.05, 4.69) is 15.3 Å². The van der Waals surface area contributed by atoms with Gasteiger partial charge in [0.25, 0.3) is 5.91 Å². The van der Waals surface area contributed by atoms with Crippen molar-refractivity contribution in [3.05, 3.63) is 86.5 Å². The Kier molecular flexibility index (Phi) is 7.64. The van der Waals surface area contributed by atoms with Crippen LogP contribution in [0.5, 0.6) is 5.75 Å². The second-order valence-electron chi connectivity index (χ2n) is 9.12. The summed E-state index contributed by atoms with van der Waals surface area (Å²) in [6.07, 6.45) is 1.64. The average Bonchev–Trinajstić information content (AvgIpc) is 3.13. The first-order valence-electron chi connectivity index (χ1n) is 11.9. The number of rotatable bonds is 8. The molecule has 1 aliphatic rings. The van der Waals surface area contributed by atoms with E-state index in [1.807, 2.05) is 18.2 Å². The lowest BCUT2D eigenvalue weighted by molar-refractivity contribution is -0.386. The zero-order valence-electron chi connectivity index (χ0n) is 20.7. The molecule has 2 heterocycles. The largest absolute Gasteiger partial charge is 0.494 e. The molecule has 1 N–H and O–H groups in total. The van der Waals surface area contributed by atoms with Crippen LogP contribution in [-0.4, -0.2) is 51.8 Å². The summed E-state index contributed by atoms with van der Waals surface area (Å²) in [5.41, 5.74) is 3.28. The number of hydrogen-bond acceptors (Lipinski definition) is 6. The number of aryl methyl sites for hydroxylation is 1. The van der Waals surface area contributed by atoms with Gasteiger partial charge in [-0.3, -0.25) is 24.5 Å². The number of nitrogens with zero attached hydrogens (tertiary/aromatic N) is 4. The molecule has 1 aromatic heterocycles. The third kappa shape index (κ3) is 5.71. The summed E-state index contributed by atoms with van der Waals surface area (Å²) >= 11 is 0. The van der Waals surface area contributed by atoms with Crippen molar-refractivity contribution in [2.75, 3.05) is 20.2 Å². The molecule has 10 heteroatoms. The summed E-state index contributed by atoms with van der Waals surface area (Å²) in [5, 5.41) is 18.6. The minimum atomic E-state index is -0.412. The van der Waals surface area contributed by atoms with Crippen LogP contribution < -0.4 is 10.1 Å². The number of amides is 1. The van der Waals surface area contributed by atoms with Crippen LogP contribution in [-0.2, 0) is 13.1 Å². The fraction of sp³-hybridized carbons (Fsp3) is 0.385. The third-order valence-electron chi connectivity index (χ3n) is 6.62. The van der Waals surface area contributed by atoms with Gasteiger partial charge in [-0.05, 0) is 62.1 Å². The van der Waals surface area contributed by atoms with Crippen LogP contribution in [0.4, 0.5) is 10.1 Å². The van der Waals surface area contributed by atoms with Crippen molar-refractivity contribution in [1.82, 2.24) is 20.0 Å². The molecule has 3 aromatic rings. The van der Waals surface area contributed by atoms with E-state index >= 15 is 0 Å². The second-order valence-corrected chi connectivity index (χ2v) is 9.12. The highest BCUT2D eigenvalue weighted by Gasteiger charge is 2.23. The van der Waals surface area contributed by atoms with Crippen molar-refractivity contribution in [1.29, 1.82) is 0 Å². The molecular formula is C26H30FN5O4. The predicted octanol–water partition coefficient (Wildman–Crippen LogP) is 4.00. The molecule has 190 valence electrons. The summed E-state index contributed by atoms with van der Waals surface area (Å²) < 4.78 is 20.5. The van der Waals surface area contributed by atoms with E-state index in [1.54, 1.807) is 36.7 Å². The maximum atomic E-state index is 13.9. The normalized spacial score (nSPS) is 14.6. The Morgan fingerprint density at radius 1 is 1.14 bits per heavy atom. The number of methoxy groups -OCH3 is 1. The van der Waals surface area contributed by atoms with Gasteiger partial charge >= 0.3 is 5.69 Å². The topological polar surface area (TPSA) is 103 Å². The van der Waals surface area contributed by atoms with Crippen LogP contribution in [0.25, 0.3) is 0 Å². The van der Waals surface area contributed by atoms with Gasteiger partial charge in [-0.15, -0.1) is 0 Å². The highest BCUT2D eigenvalue weighted by Crippen LogP contribution is 2.23. The summed E-state index contributed by atoms with van der Waals surface area (Å²) in [4.78, 5) is 25.8. The van der Waals surface area contributed by atoms with E-state index < -0.39 is 4.92 Å². The van der Waals surface area contributed by atoms with Gasteiger partial charge in [0.1, 0.15) is 11.4 Å². The monoisotopic (exact) mass is 495 g/mol. The van der Waals surface area contributed by atoms with Crippen molar-refractivity contribution >= 4 is 11.6 Å². The highest BCUT2D eigenvalue weighted by atomic mass is 19.1. The Balaban J connectivity index is 1.28. The molecule has 0 bridgehead atoms. The van der Waals surface area contributed by atoms with Crippen molar-refractivity contribution in [3.63, 3.8) is 0 Å². The first kappa shape index (κ1) is 25.3. The molecule has 1 saturated heterocycles. The Labute approximate surface area is 209 Å². The van der Waals surface area contributed by atoms with Crippen molar-refractivity contribution < 1.29 is 18.8 Å². The number of aromatic nitrogens is 2. The van der Waals surface area contributed by atoms with Crippen LogP contribution >= 0.6 is 0 Å². The van der Waals surface area contributed by atoms with Gasteiger partial charge in [0.05, 0.1) is 18.6 Å². The molecule has 1 fully saturated rings. The van der Waals surface area contributed by atoms with Gasteiger partial charge in [0, 0.05) is 31.2 Å². The van der Waals surface area contributed by atoms with Gasteiger partial charge in [0.2, 0.25) is 0 Å². The minimum Gasteiger partial charge on any atom is -0.494 e. The van der Waals surface area contributed by atoms with Crippen molar-refractivity contribution in [3.8, 4) is 5.75 Å². The van der Waals surface area contributed by atoms with E-state index in [0.29, 0.717) is 30.0 Å². The predicted molar refractivity (Wildman–Crippen MR) is 133 cm³/mol. The Morgan fingerprint density at radius 3 is 2.39 bits per heavy atom. The highest BCUT2D eigenvalue weighted by molar-refractivity contribution is 5.94. The van der Waals surface area contributed by atoms with Gasteiger partial charge in [-0.2, -0.15) is 5.10 Å². The molecule has 1 aliphatic heterocycles. The number of ether oxygens (including phenoxy) is 1. The molecule has 0 spiro atoms. The second kappa shape index (κ2) is 10.9. The average molecular weight is 496 g/mol. The van der Waals surface area contributed by atoms with Crippen molar-refractivity contribution in [2.45, 2.75) is 45.8 Å². The van der Waals surface area contributed by atoms with Crippen LogP contribution in [0.3, 0.4) is 0 Å². The van der Waals surface area contributed by atoms with Gasteiger partial charge in [-0.25, -0.2) is 4.39 Å². The van der Waals surface area contributed by atoms with E-state index in [0.717, 1.165) is 37.1 Å². The van der Waals surface area contributed by atoms with E-state index in [4.69, 9.17) is 4.74 Å². The van der Waals surface area contributed by atoms with Crippen molar-refractivity contribution in [2.24, 2.45) is 0 Å².